The predicted molar refractivity (Wildman–Crippen MR) is 106 cm³/mol. The Kier molecular flexibility index (Phi) is 5.22. The van der Waals surface area contributed by atoms with Gasteiger partial charge in [-0.05, 0) is 55.0 Å². The lowest BCUT2D eigenvalue weighted by Crippen LogP contribution is -2.54. The molecule has 1 N–H and O–H groups in total. The number of fused-ring (bicyclic) bond motifs is 2. The van der Waals surface area contributed by atoms with Gasteiger partial charge in [0, 0.05) is 47.5 Å². The predicted octanol–water partition coefficient (Wildman–Crippen LogP) is 3.02. The second kappa shape index (κ2) is 7.80. The van der Waals surface area contributed by atoms with Crippen molar-refractivity contribution in [2.45, 2.75) is 18.9 Å². The average Bonchev–Trinajstić information content (AvgIpc) is 2.95. The van der Waals surface area contributed by atoms with E-state index in [1.54, 1.807) is 42.6 Å². The van der Waals surface area contributed by atoms with Gasteiger partial charge in [0.1, 0.15) is 0 Å². The highest BCUT2D eigenvalue weighted by atomic mass is 35.5. The van der Waals surface area contributed by atoms with Gasteiger partial charge in [0.25, 0.3) is 11.8 Å². The first-order chi connectivity index (χ1) is 13.5. The van der Waals surface area contributed by atoms with Crippen molar-refractivity contribution in [1.82, 2.24) is 15.2 Å². The Labute approximate surface area is 168 Å². The second-order valence-corrected chi connectivity index (χ2v) is 7.84. The van der Waals surface area contributed by atoms with E-state index in [4.69, 9.17) is 16.3 Å². The molecule has 1 aromatic carbocycles. The van der Waals surface area contributed by atoms with Gasteiger partial charge in [0.15, 0.2) is 0 Å². The second-order valence-electron chi connectivity index (χ2n) is 7.40. The van der Waals surface area contributed by atoms with E-state index in [1.807, 2.05) is 4.90 Å². The minimum atomic E-state index is -0.0859. The minimum absolute atomic E-state index is 0.0138. The molecule has 1 aromatic heterocycles. The monoisotopic (exact) mass is 399 g/mol. The normalized spacial score (nSPS) is 23.4. The molecule has 1 unspecified atom stereocenters. The number of pyridine rings is 1. The van der Waals surface area contributed by atoms with Crippen LogP contribution in [0.25, 0.3) is 0 Å². The molecule has 0 radical (unpaired) electrons. The van der Waals surface area contributed by atoms with Crippen molar-refractivity contribution in [3.63, 3.8) is 0 Å². The van der Waals surface area contributed by atoms with Crippen LogP contribution in [0.1, 0.15) is 33.6 Å². The number of amides is 2. The summed E-state index contributed by atoms with van der Waals surface area (Å²) in [5, 5.41) is 3.79. The van der Waals surface area contributed by atoms with Crippen LogP contribution in [0, 0.1) is 11.8 Å². The molecular weight excluding hydrogens is 378 g/mol. The molecule has 28 heavy (non-hydrogen) atoms. The number of piperidine rings is 1. The van der Waals surface area contributed by atoms with Crippen LogP contribution < -0.4 is 10.1 Å². The summed E-state index contributed by atoms with van der Waals surface area (Å²) in [6, 6.07) is 10.4. The zero-order valence-electron chi connectivity index (χ0n) is 15.6. The molecule has 2 fully saturated rings. The zero-order chi connectivity index (χ0) is 19.7. The van der Waals surface area contributed by atoms with Crippen LogP contribution in [0.2, 0.25) is 5.02 Å². The van der Waals surface area contributed by atoms with Gasteiger partial charge in [0.05, 0.1) is 7.11 Å². The van der Waals surface area contributed by atoms with Crippen LogP contribution in [0.3, 0.4) is 0 Å². The highest BCUT2D eigenvalue weighted by Gasteiger charge is 2.44. The van der Waals surface area contributed by atoms with Gasteiger partial charge in [0.2, 0.25) is 5.88 Å². The maximum Gasteiger partial charge on any atom is 0.254 e. The van der Waals surface area contributed by atoms with Gasteiger partial charge in [-0.15, -0.1) is 0 Å². The molecule has 1 saturated heterocycles. The lowest BCUT2D eigenvalue weighted by molar-refractivity contribution is 0.0597. The molecule has 2 aromatic rings. The van der Waals surface area contributed by atoms with Crippen LogP contribution in [0.4, 0.5) is 0 Å². The van der Waals surface area contributed by atoms with Gasteiger partial charge in [-0.25, -0.2) is 4.98 Å². The van der Waals surface area contributed by atoms with Gasteiger partial charge in [-0.2, -0.15) is 0 Å². The molecule has 6 nitrogen and oxygen atoms in total. The number of halogens is 1. The van der Waals surface area contributed by atoms with Crippen LogP contribution in [0.5, 0.6) is 5.88 Å². The molecule has 7 heteroatoms. The first kappa shape index (κ1) is 18.7. The molecule has 1 aliphatic carbocycles. The number of carbonyl (C=O) groups excluding carboxylic acids is 2. The standard InChI is InChI=1S/C21H22ClN3O3/c1-28-18-10-14(8-9-23-18)21(27)25-11-15-2-3-16(12-25)19(15)24-20(26)13-4-6-17(22)7-5-13/h4-10,15-16,19H,2-3,11-12H2,1H3,(H,24,26)/t15-,16+,19?. The van der Waals surface area contributed by atoms with Crippen molar-refractivity contribution in [3.05, 3.63) is 58.7 Å². The number of nitrogens with one attached hydrogen (secondary N) is 1. The Morgan fingerprint density at radius 1 is 1.11 bits per heavy atom. The first-order valence-corrected chi connectivity index (χ1v) is 9.78. The van der Waals surface area contributed by atoms with E-state index in [0.29, 0.717) is 35.1 Å². The largest absolute Gasteiger partial charge is 0.481 e. The SMILES string of the molecule is COc1cc(C(=O)N2C[C@H]3CC[C@@H](C2)C3NC(=O)c2ccc(Cl)cc2)ccn1. The van der Waals surface area contributed by atoms with E-state index in [9.17, 15) is 9.59 Å². The Bertz CT molecular complexity index is 873. The molecule has 3 atom stereocenters. The minimum Gasteiger partial charge on any atom is -0.481 e. The van der Waals surface area contributed by atoms with Gasteiger partial charge in [-0.3, -0.25) is 9.59 Å². The molecule has 0 spiro atoms. The summed E-state index contributed by atoms with van der Waals surface area (Å²) < 4.78 is 5.12. The number of ether oxygens (including phenoxy) is 1. The van der Waals surface area contributed by atoms with E-state index in [-0.39, 0.29) is 29.7 Å². The Morgan fingerprint density at radius 2 is 1.79 bits per heavy atom. The summed E-state index contributed by atoms with van der Waals surface area (Å²) >= 11 is 5.90. The third kappa shape index (κ3) is 3.69. The summed E-state index contributed by atoms with van der Waals surface area (Å²) in [4.78, 5) is 31.5. The lowest BCUT2D eigenvalue weighted by atomic mass is 9.91. The van der Waals surface area contributed by atoms with Crippen molar-refractivity contribution >= 4 is 23.4 Å². The van der Waals surface area contributed by atoms with Crippen molar-refractivity contribution in [3.8, 4) is 5.88 Å². The molecule has 2 bridgehead atoms. The quantitative estimate of drug-likeness (QED) is 0.857. The van der Waals surface area contributed by atoms with Gasteiger partial charge in [-0.1, -0.05) is 11.6 Å². The van der Waals surface area contributed by atoms with E-state index < -0.39 is 0 Å². The number of benzene rings is 1. The molecular formula is C21H22ClN3O3. The smallest absolute Gasteiger partial charge is 0.254 e. The number of methoxy groups -OCH3 is 1. The number of hydrogen-bond acceptors (Lipinski definition) is 4. The highest BCUT2D eigenvalue weighted by Crippen LogP contribution is 2.37. The highest BCUT2D eigenvalue weighted by molar-refractivity contribution is 6.30. The molecule has 4 rings (SSSR count). The summed E-state index contributed by atoms with van der Waals surface area (Å²) in [5.41, 5.74) is 1.18. The fraction of sp³-hybridized carbons (Fsp3) is 0.381. The third-order valence-electron chi connectivity index (χ3n) is 5.72. The molecule has 146 valence electrons. The topological polar surface area (TPSA) is 71.5 Å². The van der Waals surface area contributed by atoms with Crippen molar-refractivity contribution in [1.29, 1.82) is 0 Å². The maximum absolute atomic E-state index is 12.9. The van der Waals surface area contributed by atoms with Gasteiger partial charge < -0.3 is 15.0 Å². The molecule has 2 heterocycles. The van der Waals surface area contributed by atoms with Crippen molar-refractivity contribution < 1.29 is 14.3 Å². The van der Waals surface area contributed by atoms with E-state index in [2.05, 4.69) is 10.3 Å². The van der Waals surface area contributed by atoms with Crippen LogP contribution in [0.15, 0.2) is 42.6 Å². The van der Waals surface area contributed by atoms with Crippen molar-refractivity contribution in [2.75, 3.05) is 20.2 Å². The number of nitrogens with zero attached hydrogens (tertiary/aromatic N) is 2. The van der Waals surface area contributed by atoms with Crippen LogP contribution in [-0.2, 0) is 0 Å². The molecule has 2 aliphatic rings. The third-order valence-corrected chi connectivity index (χ3v) is 5.97. The number of likely N-dealkylation sites (tertiary alicyclic amines) is 1. The van der Waals surface area contributed by atoms with Crippen LogP contribution >= 0.6 is 11.6 Å². The number of hydrogen-bond donors (Lipinski definition) is 1. The first-order valence-electron chi connectivity index (χ1n) is 9.41. The van der Waals surface area contributed by atoms with Crippen LogP contribution in [-0.4, -0.2) is 47.9 Å². The average molecular weight is 400 g/mol. The van der Waals surface area contributed by atoms with Gasteiger partial charge >= 0.3 is 0 Å². The molecule has 2 amide bonds. The number of carbonyl (C=O) groups is 2. The van der Waals surface area contributed by atoms with E-state index in [1.165, 1.54) is 7.11 Å². The van der Waals surface area contributed by atoms with E-state index >= 15 is 0 Å². The van der Waals surface area contributed by atoms with E-state index in [0.717, 1.165) is 12.8 Å². The summed E-state index contributed by atoms with van der Waals surface area (Å²) in [7, 11) is 1.53. The Balaban J connectivity index is 1.43. The molecule has 1 aliphatic heterocycles. The maximum atomic E-state index is 12.9. The Morgan fingerprint density at radius 3 is 2.43 bits per heavy atom. The summed E-state index contributed by atoms with van der Waals surface area (Å²) in [6.45, 7) is 1.29. The Hall–Kier alpha value is -2.60. The fourth-order valence-electron chi connectivity index (χ4n) is 4.30. The van der Waals surface area contributed by atoms with Crippen molar-refractivity contribution in [2.24, 2.45) is 11.8 Å². The number of rotatable bonds is 4. The molecule has 1 saturated carbocycles. The number of aromatic nitrogens is 1. The zero-order valence-corrected chi connectivity index (χ0v) is 16.4. The summed E-state index contributed by atoms with van der Waals surface area (Å²) in [6.07, 6.45) is 3.61. The lowest BCUT2D eigenvalue weighted by Gasteiger charge is -2.38. The summed E-state index contributed by atoms with van der Waals surface area (Å²) in [5.74, 6) is 0.863. The fourth-order valence-corrected chi connectivity index (χ4v) is 4.42.